The lowest BCUT2D eigenvalue weighted by atomic mass is 9.88. The molecular weight excluding hydrogens is 264 g/mol. The maximum absolute atomic E-state index is 12.4. The van der Waals surface area contributed by atoms with Crippen molar-refractivity contribution in [1.82, 2.24) is 9.88 Å². The number of hydrogen-bond donors (Lipinski definition) is 1. The Bertz CT molecular complexity index is 474. The van der Waals surface area contributed by atoms with Crippen LogP contribution in [0, 0.1) is 5.92 Å². The summed E-state index contributed by atoms with van der Waals surface area (Å²) in [5, 5.41) is 8.90. The van der Waals surface area contributed by atoms with Gasteiger partial charge < -0.3 is 10.0 Å². The number of amides is 1. The number of hydrogen-bond acceptors (Lipinski definition) is 4. The van der Waals surface area contributed by atoms with Crippen molar-refractivity contribution in [3.8, 4) is 0 Å². The first-order valence-corrected chi connectivity index (χ1v) is 7.46. The van der Waals surface area contributed by atoms with E-state index in [2.05, 4.69) is 4.98 Å². The number of rotatable bonds is 3. The topological polar surface area (TPSA) is 70.5 Å². The number of piperidine rings is 1. The summed E-state index contributed by atoms with van der Waals surface area (Å²) >= 11 is 1.37. The molecule has 3 rings (SSSR count). The second kappa shape index (κ2) is 4.92. The molecule has 0 aromatic carbocycles. The summed E-state index contributed by atoms with van der Waals surface area (Å²) in [6.45, 7) is 0. The summed E-state index contributed by atoms with van der Waals surface area (Å²) < 4.78 is 0. The highest BCUT2D eigenvalue weighted by Crippen LogP contribution is 2.40. The Labute approximate surface area is 115 Å². The van der Waals surface area contributed by atoms with Gasteiger partial charge >= 0.3 is 5.97 Å². The molecule has 1 N–H and O–H groups in total. The van der Waals surface area contributed by atoms with Crippen molar-refractivity contribution in [2.24, 2.45) is 5.92 Å². The first-order chi connectivity index (χ1) is 9.15. The van der Waals surface area contributed by atoms with Gasteiger partial charge in [-0.15, -0.1) is 11.3 Å². The van der Waals surface area contributed by atoms with Crippen molar-refractivity contribution in [2.45, 2.75) is 44.2 Å². The van der Waals surface area contributed by atoms with E-state index in [4.69, 9.17) is 5.11 Å². The molecule has 5 nitrogen and oxygen atoms in total. The fraction of sp³-hybridized carbons (Fsp3) is 0.615. The zero-order valence-corrected chi connectivity index (χ0v) is 11.3. The Morgan fingerprint density at radius 2 is 2.05 bits per heavy atom. The maximum Gasteiger partial charge on any atom is 0.303 e. The Hall–Kier alpha value is -1.43. The smallest absolute Gasteiger partial charge is 0.303 e. The van der Waals surface area contributed by atoms with Crippen molar-refractivity contribution in [3.63, 3.8) is 0 Å². The number of aromatic nitrogens is 1. The Balaban J connectivity index is 1.73. The molecule has 3 heterocycles. The van der Waals surface area contributed by atoms with Gasteiger partial charge in [0, 0.05) is 18.5 Å². The van der Waals surface area contributed by atoms with E-state index in [1.165, 1.54) is 11.3 Å². The van der Waals surface area contributed by atoms with Crippen LogP contribution in [-0.4, -0.2) is 39.0 Å². The maximum atomic E-state index is 12.4. The van der Waals surface area contributed by atoms with Crippen LogP contribution in [0.4, 0.5) is 0 Å². The third-order valence-corrected chi connectivity index (χ3v) is 4.93. The molecule has 1 aromatic heterocycles. The van der Waals surface area contributed by atoms with Crippen LogP contribution in [0.1, 0.15) is 41.8 Å². The number of nitrogens with zero attached hydrogens (tertiary/aromatic N) is 2. The lowest BCUT2D eigenvalue weighted by molar-refractivity contribution is -0.138. The molecule has 0 aliphatic carbocycles. The van der Waals surface area contributed by atoms with Crippen LogP contribution < -0.4 is 0 Å². The molecular formula is C13H16N2O3S. The molecule has 0 saturated carbocycles. The molecule has 102 valence electrons. The van der Waals surface area contributed by atoms with Crippen molar-refractivity contribution >= 4 is 23.2 Å². The van der Waals surface area contributed by atoms with Gasteiger partial charge in [0.15, 0.2) is 0 Å². The summed E-state index contributed by atoms with van der Waals surface area (Å²) in [5.74, 6) is -0.434. The van der Waals surface area contributed by atoms with Crippen LogP contribution in [0.5, 0.6) is 0 Å². The number of carboxylic acid groups (broad SMARTS) is 1. The van der Waals surface area contributed by atoms with Gasteiger partial charge in [-0.05, 0) is 31.6 Å². The molecule has 1 aromatic rings. The van der Waals surface area contributed by atoms with E-state index in [9.17, 15) is 9.59 Å². The molecule has 2 unspecified atom stereocenters. The SMILES string of the molecule is O=C(O)CC1CC2CCC(C1)N2C(=O)c1cncs1. The molecule has 2 saturated heterocycles. The van der Waals surface area contributed by atoms with Gasteiger partial charge in [0.25, 0.3) is 5.91 Å². The normalized spacial score (nSPS) is 29.5. The number of thiazole rings is 1. The molecule has 19 heavy (non-hydrogen) atoms. The standard InChI is InChI=1S/C13H16N2O3S/c16-12(17)5-8-3-9-1-2-10(4-8)15(9)13(18)11-6-14-7-19-11/h6-10H,1-5H2,(H,16,17). The van der Waals surface area contributed by atoms with E-state index in [1.807, 2.05) is 4.90 Å². The summed E-state index contributed by atoms with van der Waals surface area (Å²) in [5.41, 5.74) is 1.67. The first kappa shape index (κ1) is 12.6. The zero-order chi connectivity index (χ0) is 13.4. The highest BCUT2D eigenvalue weighted by molar-refractivity contribution is 7.11. The summed E-state index contributed by atoms with van der Waals surface area (Å²) in [6, 6.07) is 0.440. The zero-order valence-electron chi connectivity index (χ0n) is 10.5. The number of aliphatic carboxylic acids is 1. The van der Waals surface area contributed by atoms with E-state index in [0.717, 1.165) is 25.7 Å². The fourth-order valence-corrected chi connectivity index (χ4v) is 4.05. The molecule has 0 radical (unpaired) electrons. The van der Waals surface area contributed by atoms with Gasteiger partial charge in [-0.3, -0.25) is 14.6 Å². The lowest BCUT2D eigenvalue weighted by Gasteiger charge is -2.38. The number of carbonyl (C=O) groups is 2. The van der Waals surface area contributed by atoms with E-state index in [1.54, 1.807) is 11.7 Å². The fourth-order valence-electron chi connectivity index (χ4n) is 3.48. The molecule has 2 atom stereocenters. The Kier molecular flexibility index (Phi) is 3.26. The van der Waals surface area contributed by atoms with Gasteiger partial charge in [0.1, 0.15) is 4.88 Å². The third-order valence-electron chi connectivity index (χ3n) is 4.17. The minimum atomic E-state index is -0.730. The monoisotopic (exact) mass is 280 g/mol. The average molecular weight is 280 g/mol. The molecule has 1 amide bonds. The predicted octanol–water partition coefficient (Wildman–Crippen LogP) is 2.00. The minimum Gasteiger partial charge on any atom is -0.481 e. The molecule has 6 heteroatoms. The van der Waals surface area contributed by atoms with Gasteiger partial charge in [-0.2, -0.15) is 0 Å². The Morgan fingerprint density at radius 3 is 2.58 bits per heavy atom. The van der Waals surface area contributed by atoms with E-state index >= 15 is 0 Å². The molecule has 2 bridgehead atoms. The number of carboxylic acids is 1. The minimum absolute atomic E-state index is 0.0729. The van der Waals surface area contributed by atoms with Crippen molar-refractivity contribution < 1.29 is 14.7 Å². The van der Waals surface area contributed by atoms with Gasteiger partial charge in [0.05, 0.1) is 11.7 Å². The highest BCUT2D eigenvalue weighted by Gasteiger charge is 2.43. The first-order valence-electron chi connectivity index (χ1n) is 6.58. The molecule has 2 aliphatic rings. The van der Waals surface area contributed by atoms with E-state index in [-0.39, 0.29) is 30.3 Å². The van der Waals surface area contributed by atoms with Crippen LogP contribution in [0.2, 0.25) is 0 Å². The van der Waals surface area contributed by atoms with Crippen molar-refractivity contribution in [2.75, 3.05) is 0 Å². The lowest BCUT2D eigenvalue weighted by Crippen LogP contribution is -2.46. The van der Waals surface area contributed by atoms with Crippen molar-refractivity contribution in [1.29, 1.82) is 0 Å². The third kappa shape index (κ3) is 2.36. The summed E-state index contributed by atoms with van der Waals surface area (Å²) in [7, 11) is 0. The number of fused-ring (bicyclic) bond motifs is 2. The van der Waals surface area contributed by atoms with E-state index < -0.39 is 5.97 Å². The van der Waals surface area contributed by atoms with Crippen molar-refractivity contribution in [3.05, 3.63) is 16.6 Å². The Morgan fingerprint density at radius 1 is 1.37 bits per heavy atom. The second-order valence-electron chi connectivity index (χ2n) is 5.40. The van der Waals surface area contributed by atoms with Crippen LogP contribution in [-0.2, 0) is 4.79 Å². The summed E-state index contributed by atoms with van der Waals surface area (Å²) in [4.78, 5) is 29.9. The quantitative estimate of drug-likeness (QED) is 0.919. The van der Waals surface area contributed by atoms with Gasteiger partial charge in [0.2, 0.25) is 0 Å². The molecule has 2 aliphatic heterocycles. The predicted molar refractivity (Wildman–Crippen MR) is 70.1 cm³/mol. The molecule has 2 fully saturated rings. The highest BCUT2D eigenvalue weighted by atomic mass is 32.1. The van der Waals surface area contributed by atoms with Crippen LogP contribution >= 0.6 is 11.3 Å². The number of carbonyl (C=O) groups excluding carboxylic acids is 1. The van der Waals surface area contributed by atoms with Gasteiger partial charge in [-0.25, -0.2) is 0 Å². The van der Waals surface area contributed by atoms with Crippen LogP contribution in [0.15, 0.2) is 11.7 Å². The van der Waals surface area contributed by atoms with Crippen LogP contribution in [0.3, 0.4) is 0 Å². The molecule has 0 spiro atoms. The summed E-state index contributed by atoms with van der Waals surface area (Å²) in [6.07, 6.45) is 5.52. The average Bonchev–Trinajstić information content (AvgIpc) is 2.95. The second-order valence-corrected chi connectivity index (χ2v) is 6.28. The van der Waals surface area contributed by atoms with Gasteiger partial charge in [-0.1, -0.05) is 0 Å². The largest absolute Gasteiger partial charge is 0.481 e. The van der Waals surface area contributed by atoms with E-state index in [0.29, 0.717) is 4.88 Å². The van der Waals surface area contributed by atoms with Crippen LogP contribution in [0.25, 0.3) is 0 Å².